The largest absolute Gasteiger partial charge is 0.496 e. The van der Waals surface area contributed by atoms with E-state index < -0.39 is 16.8 Å². The van der Waals surface area contributed by atoms with Crippen LogP contribution in [-0.2, 0) is 0 Å². The molecule has 13 heteroatoms. The number of aromatic nitrogens is 1. The number of esters is 1. The van der Waals surface area contributed by atoms with Gasteiger partial charge in [0, 0.05) is 27.7 Å². The smallest absolute Gasteiger partial charge is 0.343 e. The Hall–Kier alpha value is -5.01. The molecule has 1 amide bonds. The van der Waals surface area contributed by atoms with Gasteiger partial charge in [-0.3, -0.25) is 14.9 Å². The fourth-order valence-electron chi connectivity index (χ4n) is 4.52. The van der Waals surface area contributed by atoms with Crippen LogP contribution >= 0.6 is 31.9 Å². The highest BCUT2D eigenvalue weighted by atomic mass is 79.9. The Morgan fingerprint density at radius 2 is 1.64 bits per heavy atom. The number of carbonyl (C=O) groups is 2. The van der Waals surface area contributed by atoms with Gasteiger partial charge in [-0.1, -0.05) is 46.3 Å². The molecule has 0 atom stereocenters. The van der Waals surface area contributed by atoms with Crippen molar-refractivity contribution < 1.29 is 28.7 Å². The van der Waals surface area contributed by atoms with E-state index in [1.165, 1.54) is 37.6 Å². The van der Waals surface area contributed by atoms with Gasteiger partial charge in [0.2, 0.25) is 0 Å². The number of hydrogen-bond acceptors (Lipinski definition) is 8. The summed E-state index contributed by atoms with van der Waals surface area (Å²) < 4.78 is 17.8. The van der Waals surface area contributed by atoms with Crippen molar-refractivity contribution in [2.45, 2.75) is 0 Å². The Labute approximate surface area is 267 Å². The first-order chi connectivity index (χ1) is 21.2. The fourth-order valence-corrected chi connectivity index (χ4v) is 5.86. The maximum Gasteiger partial charge on any atom is 0.343 e. The second kappa shape index (κ2) is 13.1. The number of carbonyl (C=O) groups excluding carboxylic acids is 2. The molecule has 1 heterocycles. The van der Waals surface area contributed by atoms with E-state index in [-0.39, 0.29) is 22.7 Å². The molecule has 44 heavy (non-hydrogen) atoms. The van der Waals surface area contributed by atoms with Crippen LogP contribution in [0.15, 0.2) is 92.9 Å². The van der Waals surface area contributed by atoms with Crippen molar-refractivity contribution >= 4 is 66.5 Å². The number of amides is 1. The molecule has 0 radical (unpaired) electrons. The van der Waals surface area contributed by atoms with Crippen molar-refractivity contribution in [3.63, 3.8) is 0 Å². The van der Waals surface area contributed by atoms with Crippen molar-refractivity contribution in [2.75, 3.05) is 14.2 Å². The molecule has 222 valence electrons. The number of H-pyrrole nitrogens is 1. The van der Waals surface area contributed by atoms with Gasteiger partial charge in [0.05, 0.1) is 46.3 Å². The second-order valence-electron chi connectivity index (χ2n) is 9.16. The summed E-state index contributed by atoms with van der Waals surface area (Å²) in [7, 11) is 3.09. The number of aromatic amines is 1. The van der Waals surface area contributed by atoms with Gasteiger partial charge in [0.1, 0.15) is 17.2 Å². The van der Waals surface area contributed by atoms with Gasteiger partial charge in [-0.25, -0.2) is 10.2 Å². The predicted octanol–water partition coefficient (Wildman–Crippen LogP) is 7.27. The lowest BCUT2D eigenvalue weighted by Gasteiger charge is -2.11. The average Bonchev–Trinajstić information content (AvgIpc) is 3.43. The first-order valence-corrected chi connectivity index (χ1v) is 14.4. The molecule has 1 aromatic heterocycles. The number of halogens is 2. The molecule has 0 aliphatic rings. The number of nitrogens with one attached hydrogen (secondary N) is 2. The van der Waals surface area contributed by atoms with Gasteiger partial charge in [-0.2, -0.15) is 5.10 Å². The van der Waals surface area contributed by atoms with Crippen LogP contribution in [0, 0.1) is 10.1 Å². The fraction of sp³-hybridized carbons (Fsp3) is 0.0645. The molecule has 5 aromatic rings. The minimum atomic E-state index is -0.741. The van der Waals surface area contributed by atoms with E-state index in [0.29, 0.717) is 42.5 Å². The Bertz CT molecular complexity index is 1920. The van der Waals surface area contributed by atoms with Gasteiger partial charge in [0.25, 0.3) is 11.6 Å². The maximum atomic E-state index is 13.6. The van der Waals surface area contributed by atoms with E-state index in [9.17, 15) is 19.7 Å². The van der Waals surface area contributed by atoms with Crippen LogP contribution in [-0.4, -0.2) is 42.2 Å². The third-order valence-electron chi connectivity index (χ3n) is 6.52. The Morgan fingerprint density at radius 1 is 0.955 bits per heavy atom. The summed E-state index contributed by atoms with van der Waals surface area (Å²) in [6.07, 6.45) is 1.33. The van der Waals surface area contributed by atoms with Gasteiger partial charge in [-0.15, -0.1) is 0 Å². The summed E-state index contributed by atoms with van der Waals surface area (Å²) in [6.45, 7) is 0. The minimum absolute atomic E-state index is 0.111. The third kappa shape index (κ3) is 6.19. The molecule has 2 N–H and O–H groups in total. The number of nitro groups is 1. The molecule has 0 saturated carbocycles. The number of benzene rings is 4. The minimum Gasteiger partial charge on any atom is -0.496 e. The van der Waals surface area contributed by atoms with Crippen LogP contribution in [0.3, 0.4) is 0 Å². The zero-order valence-corrected chi connectivity index (χ0v) is 26.3. The quantitative estimate of drug-likeness (QED) is 0.0535. The second-order valence-corrected chi connectivity index (χ2v) is 10.9. The van der Waals surface area contributed by atoms with E-state index >= 15 is 0 Å². The monoisotopic (exact) mass is 720 g/mol. The van der Waals surface area contributed by atoms with Crippen LogP contribution < -0.4 is 19.6 Å². The summed E-state index contributed by atoms with van der Waals surface area (Å²) >= 11 is 6.80. The SMILES string of the molecule is COc1ccc(OC)c2c(-c3ccccc3)c(C(=O)NN=Cc3cc(Br)cc(Br)c3OC(=O)c3ccc([N+](=O)[O-])cc3)[nH]c12. The molecule has 0 bridgehead atoms. The van der Waals surface area contributed by atoms with Gasteiger partial charge in [0.15, 0.2) is 5.75 Å². The van der Waals surface area contributed by atoms with E-state index in [4.69, 9.17) is 14.2 Å². The molecule has 0 aliphatic carbocycles. The molecule has 0 saturated heterocycles. The summed E-state index contributed by atoms with van der Waals surface area (Å²) in [5.41, 5.74) is 5.04. The Balaban J connectivity index is 1.47. The van der Waals surface area contributed by atoms with E-state index in [0.717, 1.165) is 5.56 Å². The molecular formula is C31H22Br2N4O7. The molecule has 0 fully saturated rings. The lowest BCUT2D eigenvalue weighted by molar-refractivity contribution is -0.384. The zero-order chi connectivity index (χ0) is 31.4. The van der Waals surface area contributed by atoms with E-state index in [1.807, 2.05) is 30.3 Å². The van der Waals surface area contributed by atoms with Crippen molar-refractivity contribution in [1.29, 1.82) is 0 Å². The van der Waals surface area contributed by atoms with Crippen LogP contribution in [0.25, 0.3) is 22.0 Å². The van der Waals surface area contributed by atoms with Crippen LogP contribution in [0.2, 0.25) is 0 Å². The Morgan fingerprint density at radius 3 is 2.30 bits per heavy atom. The molecule has 0 unspecified atom stereocenters. The topological polar surface area (TPSA) is 145 Å². The summed E-state index contributed by atoms with van der Waals surface area (Å²) in [5.74, 6) is -0.0792. The van der Waals surface area contributed by atoms with Crippen molar-refractivity contribution in [3.8, 4) is 28.4 Å². The first-order valence-electron chi connectivity index (χ1n) is 12.8. The average molecular weight is 722 g/mol. The lowest BCUT2D eigenvalue weighted by atomic mass is 10.0. The Kier molecular flexibility index (Phi) is 9.07. The summed E-state index contributed by atoms with van der Waals surface area (Å²) in [5, 5.41) is 15.8. The van der Waals surface area contributed by atoms with E-state index in [1.54, 1.807) is 31.4 Å². The van der Waals surface area contributed by atoms with Crippen molar-refractivity contribution in [2.24, 2.45) is 5.10 Å². The predicted molar refractivity (Wildman–Crippen MR) is 172 cm³/mol. The van der Waals surface area contributed by atoms with Gasteiger partial charge in [-0.05, 0) is 57.9 Å². The molecule has 11 nitrogen and oxygen atoms in total. The molecule has 5 rings (SSSR count). The highest BCUT2D eigenvalue weighted by Crippen LogP contribution is 2.42. The number of ether oxygens (including phenoxy) is 3. The number of rotatable bonds is 9. The molecule has 0 aliphatic heterocycles. The molecule has 4 aromatic carbocycles. The lowest BCUT2D eigenvalue weighted by Crippen LogP contribution is -2.19. The van der Waals surface area contributed by atoms with Gasteiger partial charge >= 0.3 is 5.97 Å². The van der Waals surface area contributed by atoms with Crippen molar-refractivity contribution in [1.82, 2.24) is 10.4 Å². The highest BCUT2D eigenvalue weighted by Gasteiger charge is 2.24. The zero-order valence-electron chi connectivity index (χ0n) is 23.1. The molecular weight excluding hydrogens is 700 g/mol. The first kappa shape index (κ1) is 30.4. The number of nitro benzene ring substituents is 1. The number of nitrogens with zero attached hydrogens (tertiary/aromatic N) is 2. The van der Waals surface area contributed by atoms with Crippen LogP contribution in [0.5, 0.6) is 17.2 Å². The van der Waals surface area contributed by atoms with E-state index in [2.05, 4.69) is 47.4 Å². The maximum absolute atomic E-state index is 13.6. The number of fused-ring (bicyclic) bond motifs is 1. The van der Waals surface area contributed by atoms with Crippen molar-refractivity contribution in [3.05, 3.63) is 115 Å². The third-order valence-corrected chi connectivity index (χ3v) is 7.57. The summed E-state index contributed by atoms with van der Waals surface area (Å²) in [4.78, 5) is 40.0. The number of hydrogen-bond donors (Lipinski definition) is 2. The summed E-state index contributed by atoms with van der Waals surface area (Å²) in [6, 6.07) is 21.2. The molecule has 0 spiro atoms. The number of hydrazone groups is 1. The highest BCUT2D eigenvalue weighted by molar-refractivity contribution is 9.11. The number of methoxy groups -OCH3 is 2. The normalized spacial score (nSPS) is 11.0. The number of non-ortho nitro benzene ring substituents is 1. The van der Waals surface area contributed by atoms with Crippen LogP contribution in [0.4, 0.5) is 5.69 Å². The van der Waals surface area contributed by atoms with Crippen LogP contribution in [0.1, 0.15) is 26.4 Å². The standard InChI is InChI=1S/C31H22Br2N4O7/c1-42-23-12-13-24(43-2)27-26(23)25(17-6-4-3-5-7-17)28(35-27)30(38)36-34-16-19-14-20(32)15-22(33)29(19)44-31(39)18-8-10-21(11-9-18)37(40)41/h3-16,35H,1-2H3,(H,36,38). The van der Waals surface area contributed by atoms with Gasteiger partial charge < -0.3 is 19.2 Å².